The van der Waals surface area contributed by atoms with Crippen LogP contribution in [-0.2, 0) is 17.1 Å². The second-order valence-corrected chi connectivity index (χ2v) is 10.8. The van der Waals surface area contributed by atoms with Gasteiger partial charge in [-0.15, -0.1) is 10.2 Å². The van der Waals surface area contributed by atoms with Gasteiger partial charge in [0, 0.05) is 31.7 Å². The van der Waals surface area contributed by atoms with Crippen LogP contribution < -0.4 is 10.1 Å². The second-order valence-electron chi connectivity index (χ2n) is 7.93. The maximum absolute atomic E-state index is 13.2. The standard InChI is InChI=1S/C21H26N6O4S2/c1-13-18(14(2)26(3)25-13)33(29,30)27-11-9-15(10-12-27)20-23-24-21(32-20)19(28)22-16-5-7-17(31-4)8-6-16/h5-8,15H,9-12H2,1-4H3,(H,22,28). The van der Waals surface area contributed by atoms with E-state index in [9.17, 15) is 13.2 Å². The Bertz CT molecular complexity index is 1260. The highest BCUT2D eigenvalue weighted by Gasteiger charge is 2.34. The molecule has 1 N–H and O–H groups in total. The minimum absolute atomic E-state index is 0.0626. The summed E-state index contributed by atoms with van der Waals surface area (Å²) < 4.78 is 34.6. The second kappa shape index (κ2) is 9.20. The fraction of sp³-hybridized carbons (Fsp3) is 0.429. The predicted octanol–water partition coefficient (Wildman–Crippen LogP) is 2.72. The van der Waals surface area contributed by atoms with Gasteiger partial charge in [-0.3, -0.25) is 9.48 Å². The van der Waals surface area contributed by atoms with E-state index in [0.29, 0.717) is 48.8 Å². The molecule has 1 aliphatic heterocycles. The molecule has 0 radical (unpaired) electrons. The zero-order valence-electron chi connectivity index (χ0n) is 18.9. The molecule has 4 rings (SSSR count). The Labute approximate surface area is 196 Å². The molecule has 10 nitrogen and oxygen atoms in total. The van der Waals surface area contributed by atoms with E-state index >= 15 is 0 Å². The minimum Gasteiger partial charge on any atom is -0.497 e. The van der Waals surface area contributed by atoms with Gasteiger partial charge in [-0.2, -0.15) is 9.40 Å². The number of nitrogens with zero attached hydrogens (tertiary/aromatic N) is 5. The van der Waals surface area contributed by atoms with Crippen molar-refractivity contribution in [3.63, 3.8) is 0 Å². The summed E-state index contributed by atoms with van der Waals surface area (Å²) in [6, 6.07) is 7.02. The number of rotatable bonds is 6. The van der Waals surface area contributed by atoms with Crippen LogP contribution in [0.5, 0.6) is 5.75 Å². The van der Waals surface area contributed by atoms with E-state index in [4.69, 9.17) is 4.74 Å². The van der Waals surface area contributed by atoms with Gasteiger partial charge in [-0.25, -0.2) is 8.42 Å². The lowest BCUT2D eigenvalue weighted by molar-refractivity contribution is 0.102. The SMILES string of the molecule is COc1ccc(NC(=O)c2nnc(C3CCN(S(=O)(=O)c4c(C)nn(C)c4C)CC3)s2)cc1. The highest BCUT2D eigenvalue weighted by Crippen LogP contribution is 2.33. The van der Waals surface area contributed by atoms with Gasteiger partial charge in [-0.1, -0.05) is 11.3 Å². The van der Waals surface area contributed by atoms with E-state index in [-0.39, 0.29) is 21.7 Å². The van der Waals surface area contributed by atoms with Crippen molar-refractivity contribution >= 4 is 33.0 Å². The molecular weight excluding hydrogens is 464 g/mol. The molecule has 1 amide bonds. The molecule has 33 heavy (non-hydrogen) atoms. The average molecular weight is 491 g/mol. The van der Waals surface area contributed by atoms with Crippen LogP contribution in [0.1, 0.15) is 45.0 Å². The smallest absolute Gasteiger partial charge is 0.286 e. The van der Waals surface area contributed by atoms with Gasteiger partial charge in [0.05, 0.1) is 18.5 Å². The first-order valence-electron chi connectivity index (χ1n) is 10.5. The Morgan fingerprint density at radius 3 is 2.39 bits per heavy atom. The Morgan fingerprint density at radius 1 is 1.15 bits per heavy atom. The summed E-state index contributed by atoms with van der Waals surface area (Å²) >= 11 is 1.25. The van der Waals surface area contributed by atoms with Crippen molar-refractivity contribution < 1.29 is 17.9 Å². The molecule has 1 fully saturated rings. The molecule has 0 aliphatic carbocycles. The van der Waals surface area contributed by atoms with Crippen LogP contribution >= 0.6 is 11.3 Å². The molecule has 3 aromatic rings. The lowest BCUT2D eigenvalue weighted by Gasteiger charge is -2.30. The topological polar surface area (TPSA) is 119 Å². The number of benzene rings is 1. The number of hydrogen-bond donors (Lipinski definition) is 1. The van der Waals surface area contributed by atoms with Gasteiger partial charge in [0.1, 0.15) is 15.7 Å². The van der Waals surface area contributed by atoms with E-state index in [1.54, 1.807) is 57.0 Å². The molecule has 0 atom stereocenters. The van der Waals surface area contributed by atoms with Gasteiger partial charge in [0.15, 0.2) is 0 Å². The number of piperidine rings is 1. The van der Waals surface area contributed by atoms with Crippen molar-refractivity contribution in [3.05, 3.63) is 45.7 Å². The lowest BCUT2D eigenvalue weighted by Crippen LogP contribution is -2.38. The first-order chi connectivity index (χ1) is 15.7. The zero-order valence-corrected chi connectivity index (χ0v) is 20.5. The summed E-state index contributed by atoms with van der Waals surface area (Å²) in [4.78, 5) is 12.8. The molecule has 0 saturated carbocycles. The molecule has 3 heterocycles. The summed E-state index contributed by atoms with van der Waals surface area (Å²) in [5, 5.41) is 16.3. The molecule has 0 bridgehead atoms. The number of aromatic nitrogens is 4. The largest absolute Gasteiger partial charge is 0.497 e. The van der Waals surface area contributed by atoms with Crippen LogP contribution in [0.15, 0.2) is 29.2 Å². The summed E-state index contributed by atoms with van der Waals surface area (Å²) in [6.45, 7) is 4.24. The molecule has 0 unspecified atom stereocenters. The summed E-state index contributed by atoms with van der Waals surface area (Å²) in [6.07, 6.45) is 1.23. The van der Waals surface area contributed by atoms with Crippen LogP contribution in [0, 0.1) is 13.8 Å². The Morgan fingerprint density at radius 2 is 1.82 bits per heavy atom. The van der Waals surface area contributed by atoms with Gasteiger partial charge in [0.2, 0.25) is 15.0 Å². The first-order valence-corrected chi connectivity index (χ1v) is 12.8. The number of ether oxygens (including phenoxy) is 1. The minimum atomic E-state index is -3.61. The van der Waals surface area contributed by atoms with Crippen LogP contribution in [-0.4, -0.2) is 58.8 Å². The van der Waals surface area contributed by atoms with E-state index in [1.165, 1.54) is 15.6 Å². The third-order valence-electron chi connectivity index (χ3n) is 5.83. The van der Waals surface area contributed by atoms with Gasteiger partial charge in [0.25, 0.3) is 5.91 Å². The third kappa shape index (κ3) is 4.63. The number of aryl methyl sites for hydroxylation is 2. The number of nitrogens with one attached hydrogen (secondary N) is 1. The summed E-state index contributed by atoms with van der Waals surface area (Å²) in [7, 11) is -0.290. The number of carbonyl (C=O) groups excluding carboxylic acids is 1. The highest BCUT2D eigenvalue weighted by atomic mass is 32.2. The normalized spacial score (nSPS) is 15.5. The highest BCUT2D eigenvalue weighted by molar-refractivity contribution is 7.89. The maximum atomic E-state index is 13.2. The monoisotopic (exact) mass is 490 g/mol. The third-order valence-corrected chi connectivity index (χ3v) is 9.06. The Kier molecular flexibility index (Phi) is 6.50. The van der Waals surface area contributed by atoms with Crippen molar-refractivity contribution in [3.8, 4) is 5.75 Å². The molecule has 176 valence electrons. The summed E-state index contributed by atoms with van der Waals surface area (Å²) in [5.41, 5.74) is 1.78. The fourth-order valence-electron chi connectivity index (χ4n) is 3.95. The van der Waals surface area contributed by atoms with Gasteiger partial charge < -0.3 is 10.1 Å². The van der Waals surface area contributed by atoms with Crippen molar-refractivity contribution in [2.24, 2.45) is 7.05 Å². The van der Waals surface area contributed by atoms with E-state index in [2.05, 4.69) is 20.6 Å². The van der Waals surface area contributed by atoms with Gasteiger partial charge >= 0.3 is 0 Å². The molecular formula is C21H26N6O4S2. The van der Waals surface area contributed by atoms with Crippen LogP contribution in [0.2, 0.25) is 0 Å². The number of anilines is 1. The number of sulfonamides is 1. The van der Waals surface area contributed by atoms with Crippen LogP contribution in [0.4, 0.5) is 5.69 Å². The van der Waals surface area contributed by atoms with Crippen LogP contribution in [0.25, 0.3) is 0 Å². The summed E-state index contributed by atoms with van der Waals surface area (Å²) in [5.74, 6) is 0.437. The van der Waals surface area contributed by atoms with E-state index in [1.807, 2.05) is 0 Å². The number of carbonyl (C=O) groups is 1. The Hall–Kier alpha value is -2.83. The van der Waals surface area contributed by atoms with Crippen LogP contribution in [0.3, 0.4) is 0 Å². The van der Waals surface area contributed by atoms with E-state index in [0.717, 1.165) is 5.01 Å². The maximum Gasteiger partial charge on any atom is 0.286 e. The van der Waals surface area contributed by atoms with Gasteiger partial charge in [-0.05, 0) is 51.0 Å². The molecule has 1 aromatic carbocycles. The Balaban J connectivity index is 1.40. The molecule has 0 spiro atoms. The predicted molar refractivity (Wildman–Crippen MR) is 124 cm³/mol. The zero-order chi connectivity index (χ0) is 23.8. The number of hydrogen-bond acceptors (Lipinski definition) is 8. The quantitative estimate of drug-likeness (QED) is 0.564. The first kappa shape index (κ1) is 23.3. The van der Waals surface area contributed by atoms with Crippen molar-refractivity contribution in [1.29, 1.82) is 0 Å². The molecule has 1 saturated heterocycles. The van der Waals surface area contributed by atoms with Crippen molar-refractivity contribution in [2.45, 2.75) is 37.5 Å². The van der Waals surface area contributed by atoms with Crippen molar-refractivity contribution in [1.82, 2.24) is 24.3 Å². The lowest BCUT2D eigenvalue weighted by atomic mass is 9.99. The molecule has 12 heteroatoms. The van der Waals surface area contributed by atoms with E-state index < -0.39 is 10.0 Å². The molecule has 1 aliphatic rings. The molecule has 2 aromatic heterocycles. The van der Waals surface area contributed by atoms with Crippen molar-refractivity contribution in [2.75, 3.05) is 25.5 Å². The fourth-order valence-corrected chi connectivity index (χ4v) is 6.73. The number of amides is 1. The number of methoxy groups -OCH3 is 1. The average Bonchev–Trinajstić information content (AvgIpc) is 3.39.